The van der Waals surface area contributed by atoms with Crippen LogP contribution in [0.3, 0.4) is 0 Å². The van der Waals surface area contributed by atoms with Gasteiger partial charge in [-0.05, 0) is 30.5 Å². The summed E-state index contributed by atoms with van der Waals surface area (Å²) in [5, 5.41) is 4.83. The van der Waals surface area contributed by atoms with Crippen LogP contribution in [-0.2, 0) is 14.8 Å². The Hall–Kier alpha value is -3.06. The highest BCUT2D eigenvalue weighted by Gasteiger charge is 2.28. The van der Waals surface area contributed by atoms with Crippen molar-refractivity contribution >= 4 is 32.4 Å². The van der Waals surface area contributed by atoms with E-state index in [1.807, 2.05) is 42.5 Å². The van der Waals surface area contributed by atoms with E-state index in [-0.39, 0.29) is 19.1 Å². The van der Waals surface area contributed by atoms with Gasteiger partial charge in [-0.3, -0.25) is 9.10 Å². The van der Waals surface area contributed by atoms with Crippen molar-refractivity contribution in [2.75, 3.05) is 23.7 Å². The van der Waals surface area contributed by atoms with Gasteiger partial charge in [0.15, 0.2) is 0 Å². The fourth-order valence-electron chi connectivity index (χ4n) is 3.19. The molecule has 3 rings (SSSR count). The first kappa shape index (κ1) is 20.7. The zero-order valence-electron chi connectivity index (χ0n) is 16.4. The molecule has 0 aromatic heterocycles. The lowest BCUT2D eigenvalue weighted by Gasteiger charge is -2.28. The van der Waals surface area contributed by atoms with Crippen LogP contribution in [0.15, 0.2) is 72.8 Å². The molecule has 0 aliphatic carbocycles. The van der Waals surface area contributed by atoms with E-state index >= 15 is 0 Å². The monoisotopic (exact) mass is 412 g/mol. The highest BCUT2D eigenvalue weighted by molar-refractivity contribution is 7.92. The second-order valence-corrected chi connectivity index (χ2v) is 8.55. The Bertz CT molecular complexity index is 1080. The SMILES string of the molecule is C[C@H](C(=O)NCCOc1cccc2ccccc12)N(c1ccccc1)S(C)(=O)=O. The molecule has 0 unspecified atom stereocenters. The number of fused-ring (bicyclic) bond motifs is 1. The maximum absolute atomic E-state index is 12.6. The number of carbonyl (C=O) groups excluding carboxylic acids is 1. The number of ether oxygens (including phenoxy) is 1. The summed E-state index contributed by atoms with van der Waals surface area (Å²) in [6.45, 7) is 2.10. The van der Waals surface area contributed by atoms with Gasteiger partial charge in [-0.1, -0.05) is 54.6 Å². The third kappa shape index (κ3) is 5.06. The number of carbonyl (C=O) groups is 1. The number of nitrogens with zero attached hydrogens (tertiary/aromatic N) is 1. The fraction of sp³-hybridized carbons (Fsp3) is 0.227. The molecule has 7 heteroatoms. The first-order valence-corrected chi connectivity index (χ1v) is 11.2. The molecule has 1 N–H and O–H groups in total. The van der Waals surface area contributed by atoms with Crippen LogP contribution in [0.4, 0.5) is 5.69 Å². The van der Waals surface area contributed by atoms with Crippen molar-refractivity contribution in [2.24, 2.45) is 0 Å². The highest BCUT2D eigenvalue weighted by atomic mass is 32.2. The molecule has 0 heterocycles. The summed E-state index contributed by atoms with van der Waals surface area (Å²) in [4.78, 5) is 12.6. The molecule has 0 saturated heterocycles. The molecule has 1 atom stereocenters. The van der Waals surface area contributed by atoms with Crippen LogP contribution >= 0.6 is 0 Å². The van der Waals surface area contributed by atoms with E-state index in [9.17, 15) is 13.2 Å². The summed E-state index contributed by atoms with van der Waals surface area (Å²) in [5.41, 5.74) is 0.449. The maximum Gasteiger partial charge on any atom is 0.243 e. The molecule has 0 aliphatic rings. The minimum atomic E-state index is -3.62. The lowest BCUT2D eigenvalue weighted by atomic mass is 10.1. The van der Waals surface area contributed by atoms with Gasteiger partial charge >= 0.3 is 0 Å². The van der Waals surface area contributed by atoms with E-state index in [1.54, 1.807) is 37.3 Å². The smallest absolute Gasteiger partial charge is 0.243 e. The summed E-state index contributed by atoms with van der Waals surface area (Å²) in [6, 6.07) is 21.4. The van der Waals surface area contributed by atoms with Crippen LogP contribution in [0.2, 0.25) is 0 Å². The minimum absolute atomic E-state index is 0.263. The standard InChI is InChI=1S/C22H24N2O4S/c1-17(24(29(2,26)27)19-11-4-3-5-12-19)22(25)23-15-16-28-21-14-8-10-18-9-6-7-13-20(18)21/h3-14,17H,15-16H2,1-2H3,(H,23,25)/t17-/m1/s1. The van der Waals surface area contributed by atoms with Gasteiger partial charge in [0.2, 0.25) is 15.9 Å². The van der Waals surface area contributed by atoms with E-state index < -0.39 is 16.1 Å². The van der Waals surface area contributed by atoms with Crippen LogP contribution in [0, 0.1) is 0 Å². The number of rotatable bonds is 8. The largest absolute Gasteiger partial charge is 0.491 e. The molecule has 152 valence electrons. The summed E-state index contributed by atoms with van der Waals surface area (Å²) >= 11 is 0. The molecule has 0 radical (unpaired) electrons. The number of para-hydroxylation sites is 1. The van der Waals surface area contributed by atoms with Gasteiger partial charge in [0, 0.05) is 5.39 Å². The number of anilines is 1. The lowest BCUT2D eigenvalue weighted by Crippen LogP contribution is -2.48. The Balaban J connectivity index is 1.61. The van der Waals surface area contributed by atoms with E-state index in [4.69, 9.17) is 4.74 Å². The molecule has 6 nitrogen and oxygen atoms in total. The van der Waals surface area contributed by atoms with Gasteiger partial charge in [-0.25, -0.2) is 8.42 Å². The Morgan fingerprint density at radius 2 is 1.66 bits per heavy atom. The van der Waals surface area contributed by atoms with Crippen LogP contribution in [0.5, 0.6) is 5.75 Å². The van der Waals surface area contributed by atoms with E-state index in [0.29, 0.717) is 5.69 Å². The van der Waals surface area contributed by atoms with Crippen molar-refractivity contribution in [2.45, 2.75) is 13.0 Å². The zero-order valence-corrected chi connectivity index (χ0v) is 17.2. The molecular formula is C22H24N2O4S. The topological polar surface area (TPSA) is 75.7 Å². The van der Waals surface area contributed by atoms with Crippen molar-refractivity contribution in [3.63, 3.8) is 0 Å². The summed E-state index contributed by atoms with van der Waals surface area (Å²) < 4.78 is 31.4. The first-order chi connectivity index (χ1) is 13.9. The van der Waals surface area contributed by atoms with Gasteiger partial charge in [0.1, 0.15) is 18.4 Å². The number of amides is 1. The molecule has 0 spiro atoms. The molecule has 1 amide bonds. The molecule has 0 fully saturated rings. The third-order valence-corrected chi connectivity index (χ3v) is 5.75. The second-order valence-electron chi connectivity index (χ2n) is 6.69. The Kier molecular flexibility index (Phi) is 6.39. The fourth-order valence-corrected chi connectivity index (χ4v) is 4.36. The predicted molar refractivity (Wildman–Crippen MR) is 116 cm³/mol. The normalized spacial score (nSPS) is 12.3. The van der Waals surface area contributed by atoms with Crippen LogP contribution < -0.4 is 14.4 Å². The predicted octanol–water partition coefficient (Wildman–Crippen LogP) is 3.19. The van der Waals surface area contributed by atoms with Gasteiger partial charge < -0.3 is 10.1 Å². The quantitative estimate of drug-likeness (QED) is 0.577. The summed E-state index contributed by atoms with van der Waals surface area (Å²) in [7, 11) is -3.62. The van der Waals surface area contributed by atoms with Crippen molar-refractivity contribution < 1.29 is 17.9 Å². The average Bonchev–Trinajstić information content (AvgIpc) is 2.71. The summed E-state index contributed by atoms with van der Waals surface area (Å²) in [5.74, 6) is 0.355. The molecule has 29 heavy (non-hydrogen) atoms. The Morgan fingerprint density at radius 1 is 1.00 bits per heavy atom. The van der Waals surface area contributed by atoms with Crippen LogP contribution in [-0.4, -0.2) is 39.8 Å². The van der Waals surface area contributed by atoms with Gasteiger partial charge in [-0.15, -0.1) is 0 Å². The van der Waals surface area contributed by atoms with Gasteiger partial charge in [0.05, 0.1) is 18.5 Å². The van der Waals surface area contributed by atoms with E-state index in [0.717, 1.165) is 27.1 Å². The number of nitrogens with one attached hydrogen (secondary N) is 1. The minimum Gasteiger partial charge on any atom is -0.491 e. The lowest BCUT2D eigenvalue weighted by molar-refractivity contribution is -0.121. The average molecular weight is 413 g/mol. The van der Waals surface area contributed by atoms with Gasteiger partial charge in [0.25, 0.3) is 0 Å². The number of hydrogen-bond acceptors (Lipinski definition) is 4. The number of benzene rings is 3. The third-order valence-electron chi connectivity index (χ3n) is 4.51. The maximum atomic E-state index is 12.6. The van der Waals surface area contributed by atoms with Crippen molar-refractivity contribution in [3.05, 3.63) is 72.8 Å². The van der Waals surface area contributed by atoms with Crippen molar-refractivity contribution in [3.8, 4) is 5.75 Å². The molecule has 0 saturated carbocycles. The highest BCUT2D eigenvalue weighted by Crippen LogP contribution is 2.25. The molecule has 0 bridgehead atoms. The Labute approximate surface area is 171 Å². The first-order valence-electron chi connectivity index (χ1n) is 9.30. The number of hydrogen-bond donors (Lipinski definition) is 1. The van der Waals surface area contributed by atoms with Crippen molar-refractivity contribution in [1.82, 2.24) is 5.32 Å². The second kappa shape index (κ2) is 8.96. The summed E-state index contributed by atoms with van der Waals surface area (Å²) in [6.07, 6.45) is 1.09. The molecule has 3 aromatic carbocycles. The van der Waals surface area contributed by atoms with E-state index in [1.165, 1.54) is 0 Å². The molecule has 3 aromatic rings. The van der Waals surface area contributed by atoms with Gasteiger partial charge in [-0.2, -0.15) is 0 Å². The zero-order chi connectivity index (χ0) is 20.9. The van der Waals surface area contributed by atoms with E-state index in [2.05, 4.69) is 5.32 Å². The van der Waals surface area contributed by atoms with Crippen LogP contribution in [0.25, 0.3) is 10.8 Å². The van der Waals surface area contributed by atoms with Crippen molar-refractivity contribution in [1.29, 1.82) is 0 Å². The number of sulfonamides is 1. The van der Waals surface area contributed by atoms with Crippen LogP contribution in [0.1, 0.15) is 6.92 Å². The Morgan fingerprint density at radius 3 is 2.38 bits per heavy atom. The molecule has 0 aliphatic heterocycles. The molecular weight excluding hydrogens is 388 g/mol.